The predicted octanol–water partition coefficient (Wildman–Crippen LogP) is 3.71. The van der Waals surface area contributed by atoms with E-state index in [-0.39, 0.29) is 36.2 Å². The van der Waals surface area contributed by atoms with Crippen LogP contribution in [0.4, 0.5) is 4.79 Å². The van der Waals surface area contributed by atoms with Crippen LogP contribution >= 0.6 is 11.8 Å². The number of imide groups is 1. The minimum atomic E-state index is -0.342. The number of nitrogens with zero attached hydrogens (tertiary/aromatic N) is 1. The first kappa shape index (κ1) is 22.1. The molecule has 2 fully saturated rings. The van der Waals surface area contributed by atoms with Gasteiger partial charge in [-0.1, -0.05) is 30.3 Å². The Bertz CT molecular complexity index is 1000. The van der Waals surface area contributed by atoms with Gasteiger partial charge in [-0.2, -0.15) is 0 Å². The van der Waals surface area contributed by atoms with Gasteiger partial charge in [-0.05, 0) is 60.5 Å². The average Bonchev–Trinajstić information content (AvgIpc) is 3.42. The topological polar surface area (TPSA) is 84.9 Å². The van der Waals surface area contributed by atoms with Gasteiger partial charge in [-0.3, -0.25) is 19.3 Å². The second kappa shape index (κ2) is 10.5. The summed E-state index contributed by atoms with van der Waals surface area (Å²) in [6.45, 7) is 1.57. The van der Waals surface area contributed by atoms with Crippen LogP contribution in [0.3, 0.4) is 0 Å². The third-order valence-electron chi connectivity index (χ3n) is 5.17. The van der Waals surface area contributed by atoms with Crippen molar-refractivity contribution in [3.8, 4) is 5.75 Å². The Labute approximate surface area is 190 Å². The van der Waals surface area contributed by atoms with E-state index in [1.165, 1.54) is 0 Å². The Morgan fingerprint density at radius 3 is 2.66 bits per heavy atom. The van der Waals surface area contributed by atoms with Crippen molar-refractivity contribution >= 4 is 34.9 Å². The lowest BCUT2D eigenvalue weighted by Crippen LogP contribution is -2.37. The van der Waals surface area contributed by atoms with E-state index >= 15 is 0 Å². The highest BCUT2D eigenvalue weighted by molar-refractivity contribution is 8.18. The number of hydrogen-bond acceptors (Lipinski definition) is 6. The molecule has 0 radical (unpaired) electrons. The molecule has 4 rings (SSSR count). The third-order valence-corrected chi connectivity index (χ3v) is 6.08. The highest BCUT2D eigenvalue weighted by Gasteiger charge is 2.34. The van der Waals surface area contributed by atoms with Crippen LogP contribution in [0.15, 0.2) is 59.5 Å². The molecule has 8 heteroatoms. The molecule has 7 nitrogen and oxygen atoms in total. The number of ether oxygens (including phenoxy) is 2. The summed E-state index contributed by atoms with van der Waals surface area (Å²) in [4.78, 5) is 38.7. The Morgan fingerprint density at radius 1 is 1.16 bits per heavy atom. The number of carbonyl (C=O) groups is 3. The minimum absolute atomic E-state index is 0.116. The molecular formula is C24H24N2O5S. The third kappa shape index (κ3) is 5.57. The first-order valence-electron chi connectivity index (χ1n) is 10.5. The van der Waals surface area contributed by atoms with Gasteiger partial charge < -0.3 is 14.8 Å². The second-order valence-electron chi connectivity index (χ2n) is 7.47. The van der Waals surface area contributed by atoms with Crippen LogP contribution in [0.1, 0.15) is 28.8 Å². The standard InChI is InChI=1S/C24H24N2O5S/c27-22(18-8-10-19(11-9-18)31-16-20-7-4-14-30-20)25-12-13-26-23(28)21(32-24(26)29)15-17-5-2-1-3-6-17/h1-3,5-6,8-11,15,20H,4,7,12-14,16H2,(H,25,27)/b21-15+. The molecule has 1 N–H and O–H groups in total. The van der Waals surface area contributed by atoms with Crippen LogP contribution in [-0.4, -0.2) is 54.4 Å². The average molecular weight is 453 g/mol. The van der Waals surface area contributed by atoms with Crippen LogP contribution < -0.4 is 10.1 Å². The van der Waals surface area contributed by atoms with E-state index in [2.05, 4.69) is 5.32 Å². The fraction of sp³-hybridized carbons (Fsp3) is 0.292. The summed E-state index contributed by atoms with van der Waals surface area (Å²) < 4.78 is 11.2. The number of rotatable bonds is 8. The van der Waals surface area contributed by atoms with Gasteiger partial charge in [-0.15, -0.1) is 0 Å². The number of nitrogens with one attached hydrogen (secondary N) is 1. The Kier molecular flexibility index (Phi) is 7.24. The van der Waals surface area contributed by atoms with Crippen molar-refractivity contribution in [2.75, 3.05) is 26.3 Å². The molecule has 2 aromatic carbocycles. The smallest absolute Gasteiger partial charge is 0.293 e. The van der Waals surface area contributed by atoms with Crippen molar-refractivity contribution in [1.29, 1.82) is 0 Å². The molecule has 1 unspecified atom stereocenters. The van der Waals surface area contributed by atoms with Gasteiger partial charge in [0.25, 0.3) is 17.1 Å². The van der Waals surface area contributed by atoms with Gasteiger partial charge in [0.1, 0.15) is 12.4 Å². The fourth-order valence-corrected chi connectivity index (χ4v) is 4.31. The van der Waals surface area contributed by atoms with E-state index < -0.39 is 0 Å². The van der Waals surface area contributed by atoms with Gasteiger partial charge in [0, 0.05) is 25.3 Å². The maximum Gasteiger partial charge on any atom is 0.293 e. The fourth-order valence-electron chi connectivity index (χ4n) is 3.44. The highest BCUT2D eigenvalue weighted by Crippen LogP contribution is 2.31. The molecule has 2 aromatic rings. The summed E-state index contributed by atoms with van der Waals surface area (Å²) in [5, 5.41) is 2.42. The molecule has 1 atom stereocenters. The molecule has 0 spiro atoms. The monoisotopic (exact) mass is 452 g/mol. The van der Waals surface area contributed by atoms with Crippen LogP contribution in [0, 0.1) is 0 Å². The van der Waals surface area contributed by atoms with Crippen molar-refractivity contribution in [1.82, 2.24) is 10.2 Å². The maximum atomic E-state index is 12.5. The first-order chi connectivity index (χ1) is 15.6. The Morgan fingerprint density at radius 2 is 1.94 bits per heavy atom. The van der Waals surface area contributed by atoms with Crippen LogP contribution in [0.25, 0.3) is 6.08 Å². The molecular weight excluding hydrogens is 428 g/mol. The lowest BCUT2D eigenvalue weighted by molar-refractivity contribution is -0.122. The summed E-state index contributed by atoms with van der Waals surface area (Å²) >= 11 is 0.910. The summed E-state index contributed by atoms with van der Waals surface area (Å²) in [5.41, 5.74) is 1.34. The molecule has 0 bridgehead atoms. The van der Waals surface area contributed by atoms with Gasteiger partial charge >= 0.3 is 0 Å². The van der Waals surface area contributed by atoms with E-state index in [0.29, 0.717) is 22.8 Å². The van der Waals surface area contributed by atoms with Gasteiger partial charge in [0.15, 0.2) is 0 Å². The zero-order valence-corrected chi connectivity index (χ0v) is 18.3. The molecule has 0 aliphatic carbocycles. The number of carbonyl (C=O) groups excluding carboxylic acids is 3. The number of thioether (sulfide) groups is 1. The normalized spacial score (nSPS) is 19.6. The van der Waals surface area contributed by atoms with Crippen molar-refractivity contribution in [2.45, 2.75) is 18.9 Å². The molecule has 2 heterocycles. The molecule has 2 saturated heterocycles. The summed E-state index contributed by atoms with van der Waals surface area (Å²) in [5.74, 6) is 0.0633. The number of hydrogen-bond donors (Lipinski definition) is 1. The van der Waals surface area contributed by atoms with Crippen molar-refractivity contribution in [2.24, 2.45) is 0 Å². The molecule has 32 heavy (non-hydrogen) atoms. The Hall–Kier alpha value is -3.10. The number of amides is 3. The van der Waals surface area contributed by atoms with Crippen molar-refractivity contribution in [3.05, 3.63) is 70.6 Å². The first-order valence-corrected chi connectivity index (χ1v) is 11.3. The molecule has 0 aromatic heterocycles. The minimum Gasteiger partial charge on any atom is -0.491 e. The molecule has 3 amide bonds. The highest BCUT2D eigenvalue weighted by atomic mass is 32.2. The van der Waals surface area contributed by atoms with E-state index in [9.17, 15) is 14.4 Å². The summed E-state index contributed by atoms with van der Waals surface area (Å²) in [6, 6.07) is 16.2. The molecule has 2 aliphatic heterocycles. The van der Waals surface area contributed by atoms with E-state index in [1.54, 1.807) is 30.3 Å². The van der Waals surface area contributed by atoms with E-state index in [0.717, 1.165) is 41.7 Å². The predicted molar refractivity (Wildman–Crippen MR) is 122 cm³/mol. The van der Waals surface area contributed by atoms with Gasteiger partial charge in [-0.25, -0.2) is 0 Å². The van der Waals surface area contributed by atoms with Crippen LogP contribution in [0.5, 0.6) is 5.75 Å². The Balaban J connectivity index is 1.25. The molecule has 166 valence electrons. The SMILES string of the molecule is O=C(NCCN1C(=O)S/C(=C/c2ccccc2)C1=O)c1ccc(OCC2CCCO2)cc1. The molecule has 0 saturated carbocycles. The summed E-state index contributed by atoms with van der Waals surface area (Å²) in [6.07, 6.45) is 3.90. The zero-order chi connectivity index (χ0) is 22.3. The van der Waals surface area contributed by atoms with Crippen LogP contribution in [-0.2, 0) is 9.53 Å². The molecule has 2 aliphatic rings. The second-order valence-corrected chi connectivity index (χ2v) is 8.46. The lowest BCUT2D eigenvalue weighted by Gasteiger charge is -2.13. The van der Waals surface area contributed by atoms with E-state index in [4.69, 9.17) is 9.47 Å². The van der Waals surface area contributed by atoms with Crippen molar-refractivity contribution in [3.63, 3.8) is 0 Å². The lowest BCUT2D eigenvalue weighted by atomic mass is 10.2. The van der Waals surface area contributed by atoms with Crippen molar-refractivity contribution < 1.29 is 23.9 Å². The van der Waals surface area contributed by atoms with Gasteiger partial charge in [0.2, 0.25) is 0 Å². The summed E-state index contributed by atoms with van der Waals surface area (Å²) in [7, 11) is 0. The zero-order valence-electron chi connectivity index (χ0n) is 17.5. The van der Waals surface area contributed by atoms with Crippen LogP contribution in [0.2, 0.25) is 0 Å². The van der Waals surface area contributed by atoms with Gasteiger partial charge in [0.05, 0.1) is 11.0 Å². The maximum absolute atomic E-state index is 12.5. The quantitative estimate of drug-likeness (QED) is 0.615. The largest absolute Gasteiger partial charge is 0.491 e. The number of benzene rings is 2. The van der Waals surface area contributed by atoms with E-state index in [1.807, 2.05) is 30.3 Å².